The molecule has 17 heavy (non-hydrogen) atoms. The van der Waals surface area contributed by atoms with Crippen molar-refractivity contribution in [3.05, 3.63) is 0 Å². The molecule has 0 aliphatic carbocycles. The number of nitrogens with two attached hydrogens (primary N) is 1. The van der Waals surface area contributed by atoms with E-state index in [0.29, 0.717) is 12.2 Å². The van der Waals surface area contributed by atoms with Crippen molar-refractivity contribution in [2.75, 3.05) is 5.75 Å². The van der Waals surface area contributed by atoms with Gasteiger partial charge in [0.1, 0.15) is 0 Å². The van der Waals surface area contributed by atoms with E-state index in [-0.39, 0.29) is 17.7 Å². The van der Waals surface area contributed by atoms with E-state index in [4.69, 9.17) is 5.73 Å². The van der Waals surface area contributed by atoms with Crippen LogP contribution >= 0.6 is 11.8 Å². The van der Waals surface area contributed by atoms with E-state index in [1.807, 2.05) is 0 Å². The summed E-state index contributed by atoms with van der Waals surface area (Å²) in [5, 5.41) is 22.6. The van der Waals surface area contributed by atoms with Gasteiger partial charge in [-0.15, -0.1) is 0 Å². The van der Waals surface area contributed by atoms with Gasteiger partial charge in [-0.3, -0.25) is 0 Å². The molecule has 1 aliphatic rings. The molecule has 2 amide bonds. The number of unbranched alkanes of at least 4 members (excludes halogenated alkanes) is 1. The smallest absolute Gasteiger partial charge is 0.312 e. The maximum Gasteiger partial charge on any atom is 0.312 e. The molecule has 4 N–H and O–H groups in total. The molecular weight excluding hydrogens is 244 g/mol. The van der Waals surface area contributed by atoms with Crippen LogP contribution in [0.2, 0.25) is 0 Å². The number of amides is 2. The minimum absolute atomic E-state index is 0.0357. The molecule has 0 unspecified atom stereocenters. The number of carbonyl (C=O) groups excluding carboxylic acids is 2. The van der Waals surface area contributed by atoms with Gasteiger partial charge in [0.05, 0.1) is 12.1 Å². The van der Waals surface area contributed by atoms with Crippen LogP contribution in [-0.4, -0.2) is 40.3 Å². The highest BCUT2D eigenvalue weighted by atomic mass is 32.2. The van der Waals surface area contributed by atoms with E-state index in [1.165, 1.54) is 0 Å². The van der Waals surface area contributed by atoms with E-state index >= 15 is 0 Å². The summed E-state index contributed by atoms with van der Waals surface area (Å²) in [6.45, 7) is 0. The lowest BCUT2D eigenvalue weighted by Gasteiger charge is -2.18. The summed E-state index contributed by atoms with van der Waals surface area (Å²) in [4.78, 5) is 20.9. The Morgan fingerprint density at radius 2 is 2.18 bits per heavy atom. The summed E-state index contributed by atoms with van der Waals surface area (Å²) >= 11 is 1.58. The highest BCUT2D eigenvalue weighted by Crippen LogP contribution is 2.31. The molecule has 0 aromatic heterocycles. The fourth-order valence-corrected chi connectivity index (χ4v) is 3.32. The van der Waals surface area contributed by atoms with Gasteiger partial charge in [-0.25, -0.2) is 4.79 Å². The number of carboxylic acid groups (broad SMARTS) is 1. The van der Waals surface area contributed by atoms with E-state index in [2.05, 4.69) is 5.32 Å². The first-order valence-electron chi connectivity index (χ1n) is 5.56. The van der Waals surface area contributed by atoms with Gasteiger partial charge in [0.15, 0.2) is 0 Å². The second-order valence-electron chi connectivity index (χ2n) is 4.10. The SMILES string of the molecule is NC(=O)N[C@H]1CS[C@H](CCCCC(=O)[O-])[C@H]1O. The van der Waals surface area contributed by atoms with Crippen LogP contribution in [0.3, 0.4) is 0 Å². The van der Waals surface area contributed by atoms with E-state index < -0.39 is 18.1 Å². The molecule has 0 spiro atoms. The molecule has 7 heteroatoms. The van der Waals surface area contributed by atoms with Gasteiger partial charge >= 0.3 is 6.03 Å². The Morgan fingerprint density at radius 1 is 1.47 bits per heavy atom. The molecule has 1 saturated heterocycles. The summed E-state index contributed by atoms with van der Waals surface area (Å²) in [6, 6.07) is -0.934. The molecule has 1 aliphatic heterocycles. The third-order valence-corrected chi connectivity index (χ3v) is 4.22. The molecule has 6 nitrogen and oxygen atoms in total. The largest absolute Gasteiger partial charge is 0.550 e. The van der Waals surface area contributed by atoms with Crippen molar-refractivity contribution in [2.24, 2.45) is 5.73 Å². The number of carboxylic acids is 1. The molecular formula is C10H17N2O4S-. The fraction of sp³-hybridized carbons (Fsp3) is 0.800. The molecule has 0 radical (unpaired) electrons. The van der Waals surface area contributed by atoms with Crippen LogP contribution in [0.1, 0.15) is 25.7 Å². The number of carbonyl (C=O) groups is 2. The summed E-state index contributed by atoms with van der Waals surface area (Å²) in [7, 11) is 0. The Labute approximate surface area is 104 Å². The van der Waals surface area contributed by atoms with Gasteiger partial charge < -0.3 is 26.1 Å². The summed E-state index contributed by atoms with van der Waals surface area (Å²) in [5.41, 5.74) is 4.99. The number of aliphatic hydroxyl groups excluding tert-OH is 1. The minimum atomic E-state index is -1.04. The van der Waals surface area contributed by atoms with E-state index in [1.54, 1.807) is 11.8 Å². The predicted octanol–water partition coefficient (Wildman–Crippen LogP) is -1.19. The highest BCUT2D eigenvalue weighted by molar-refractivity contribution is 8.00. The molecule has 0 aromatic rings. The second-order valence-corrected chi connectivity index (χ2v) is 5.37. The third kappa shape index (κ3) is 4.82. The first kappa shape index (κ1) is 14.1. The van der Waals surface area contributed by atoms with Crippen molar-refractivity contribution in [2.45, 2.75) is 43.1 Å². The van der Waals surface area contributed by atoms with Gasteiger partial charge in [0, 0.05) is 17.0 Å². The Kier molecular flexibility index (Phi) is 5.57. The average molecular weight is 261 g/mol. The summed E-state index contributed by atoms with van der Waals surface area (Å²) in [6.07, 6.45) is 1.45. The molecule has 0 bridgehead atoms. The van der Waals surface area contributed by atoms with Gasteiger partial charge in [-0.2, -0.15) is 11.8 Å². The Morgan fingerprint density at radius 3 is 2.76 bits per heavy atom. The van der Waals surface area contributed by atoms with Crippen molar-refractivity contribution in [1.82, 2.24) is 5.32 Å². The number of primary amides is 1. The minimum Gasteiger partial charge on any atom is -0.550 e. The lowest BCUT2D eigenvalue weighted by molar-refractivity contribution is -0.305. The lowest BCUT2D eigenvalue weighted by Crippen LogP contribution is -2.46. The van der Waals surface area contributed by atoms with E-state index in [9.17, 15) is 19.8 Å². The molecule has 1 fully saturated rings. The number of rotatable bonds is 6. The van der Waals surface area contributed by atoms with Crippen LogP contribution in [0.15, 0.2) is 0 Å². The van der Waals surface area contributed by atoms with Crippen molar-refractivity contribution >= 4 is 23.8 Å². The van der Waals surface area contributed by atoms with Crippen LogP contribution in [0, 0.1) is 0 Å². The zero-order chi connectivity index (χ0) is 12.8. The maximum absolute atomic E-state index is 10.7. The molecule has 98 valence electrons. The zero-order valence-electron chi connectivity index (χ0n) is 9.43. The Balaban J connectivity index is 2.22. The lowest BCUT2D eigenvalue weighted by atomic mass is 10.0. The van der Waals surface area contributed by atoms with Crippen molar-refractivity contribution < 1.29 is 19.8 Å². The number of aliphatic carboxylic acids is 1. The summed E-state index contributed by atoms with van der Waals surface area (Å²) < 4.78 is 0. The standard InChI is InChI=1S/C10H18N2O4S/c11-10(16)12-6-5-17-7(9(6)15)3-1-2-4-8(13)14/h6-7,9,15H,1-5H2,(H,13,14)(H3,11,12,16)/p-1/t6-,7+,9-/m0/s1. The van der Waals surface area contributed by atoms with Crippen LogP contribution < -0.4 is 16.2 Å². The first-order valence-corrected chi connectivity index (χ1v) is 6.61. The average Bonchev–Trinajstić information content (AvgIpc) is 2.55. The number of thioether (sulfide) groups is 1. The van der Waals surface area contributed by atoms with Crippen LogP contribution in [-0.2, 0) is 4.79 Å². The third-order valence-electron chi connectivity index (χ3n) is 2.73. The van der Waals surface area contributed by atoms with Crippen LogP contribution in [0.5, 0.6) is 0 Å². The topological polar surface area (TPSA) is 115 Å². The quantitative estimate of drug-likeness (QED) is 0.520. The molecule has 1 heterocycles. The first-order chi connectivity index (χ1) is 8.00. The van der Waals surface area contributed by atoms with Gasteiger partial charge in [-0.1, -0.05) is 6.42 Å². The van der Waals surface area contributed by atoms with Gasteiger partial charge in [0.2, 0.25) is 0 Å². The van der Waals surface area contributed by atoms with Crippen molar-refractivity contribution in [1.29, 1.82) is 0 Å². The number of hydrogen-bond acceptors (Lipinski definition) is 5. The van der Waals surface area contributed by atoms with Crippen molar-refractivity contribution in [3.63, 3.8) is 0 Å². The predicted molar refractivity (Wildman–Crippen MR) is 62.2 cm³/mol. The number of aliphatic hydroxyl groups is 1. The maximum atomic E-state index is 10.7. The van der Waals surface area contributed by atoms with Crippen molar-refractivity contribution in [3.8, 4) is 0 Å². The van der Waals surface area contributed by atoms with Crippen LogP contribution in [0.4, 0.5) is 4.79 Å². The zero-order valence-corrected chi connectivity index (χ0v) is 10.2. The monoisotopic (exact) mass is 261 g/mol. The summed E-state index contributed by atoms with van der Waals surface area (Å²) in [5.74, 6) is -0.409. The normalized spacial score (nSPS) is 27.9. The highest BCUT2D eigenvalue weighted by Gasteiger charge is 2.35. The molecule has 0 saturated carbocycles. The van der Waals surface area contributed by atoms with Gasteiger partial charge in [-0.05, 0) is 19.3 Å². The van der Waals surface area contributed by atoms with E-state index in [0.717, 1.165) is 12.8 Å². The Bertz CT molecular complexity index is 287. The van der Waals surface area contributed by atoms with Gasteiger partial charge in [0.25, 0.3) is 0 Å². The Hall–Kier alpha value is -0.950. The number of hydrogen-bond donors (Lipinski definition) is 3. The molecule has 3 atom stereocenters. The fourth-order valence-electron chi connectivity index (χ4n) is 1.86. The molecule has 1 rings (SSSR count). The van der Waals surface area contributed by atoms with Crippen LogP contribution in [0.25, 0.3) is 0 Å². The second kappa shape index (κ2) is 6.70. The molecule has 0 aromatic carbocycles. The number of nitrogens with one attached hydrogen (secondary N) is 1. The number of urea groups is 1.